The van der Waals surface area contributed by atoms with Crippen LogP contribution in [0, 0.1) is 13.8 Å². The Morgan fingerprint density at radius 3 is 2.68 bits per heavy atom. The molecule has 2 heterocycles. The molecule has 2 N–H and O–H groups in total. The van der Waals surface area contributed by atoms with Crippen molar-refractivity contribution in [3.05, 3.63) is 58.3 Å². The summed E-state index contributed by atoms with van der Waals surface area (Å²) in [6, 6.07) is 10.6. The third-order valence-electron chi connectivity index (χ3n) is 5.13. The summed E-state index contributed by atoms with van der Waals surface area (Å²) < 4.78 is 11.2. The molecule has 0 saturated heterocycles. The Bertz CT molecular complexity index is 943. The molecule has 0 saturated carbocycles. The summed E-state index contributed by atoms with van der Waals surface area (Å²) in [4.78, 5) is 3.68. The maximum atomic E-state index is 5.67. The Balaban J connectivity index is 1.93. The first-order chi connectivity index (χ1) is 12.1. The number of H-pyrrole nitrogens is 1. The van der Waals surface area contributed by atoms with Gasteiger partial charge >= 0.3 is 0 Å². The molecule has 1 aliphatic heterocycles. The van der Waals surface area contributed by atoms with Crippen molar-refractivity contribution in [2.75, 3.05) is 20.8 Å². The summed E-state index contributed by atoms with van der Waals surface area (Å²) in [6.07, 6.45) is 1.03. The maximum absolute atomic E-state index is 5.67. The topological polar surface area (TPSA) is 46.3 Å². The van der Waals surface area contributed by atoms with Crippen molar-refractivity contribution in [1.82, 2.24) is 10.3 Å². The van der Waals surface area contributed by atoms with Crippen LogP contribution in [-0.2, 0) is 6.42 Å². The molecule has 0 spiro atoms. The number of hydrogen-bond donors (Lipinski definition) is 2. The Hall–Kier alpha value is -2.46. The quantitative estimate of drug-likeness (QED) is 0.759. The number of aromatic amines is 1. The second kappa shape index (κ2) is 6.12. The van der Waals surface area contributed by atoms with Gasteiger partial charge in [-0.2, -0.15) is 0 Å². The number of para-hydroxylation sites is 1. The highest BCUT2D eigenvalue weighted by atomic mass is 16.5. The van der Waals surface area contributed by atoms with E-state index in [4.69, 9.17) is 9.47 Å². The van der Waals surface area contributed by atoms with Crippen LogP contribution in [-0.4, -0.2) is 25.7 Å². The van der Waals surface area contributed by atoms with Gasteiger partial charge in [0.25, 0.3) is 0 Å². The van der Waals surface area contributed by atoms with Gasteiger partial charge in [-0.25, -0.2) is 0 Å². The zero-order valence-electron chi connectivity index (χ0n) is 15.2. The third kappa shape index (κ3) is 2.48. The van der Waals surface area contributed by atoms with Gasteiger partial charge in [-0.3, -0.25) is 0 Å². The van der Waals surface area contributed by atoms with E-state index in [1.54, 1.807) is 14.2 Å². The SMILES string of the molecule is COc1cccc(C2NCCc3c2[nH]c2cc(C)cc(C)c32)c1OC. The number of aromatic nitrogens is 1. The minimum atomic E-state index is 0.0703. The number of benzene rings is 2. The average Bonchev–Trinajstić information content (AvgIpc) is 2.99. The first-order valence-electron chi connectivity index (χ1n) is 8.70. The molecule has 1 unspecified atom stereocenters. The Kier molecular flexibility index (Phi) is 3.92. The summed E-state index contributed by atoms with van der Waals surface area (Å²) in [7, 11) is 3.38. The van der Waals surface area contributed by atoms with Gasteiger partial charge < -0.3 is 19.8 Å². The van der Waals surface area contributed by atoms with Crippen LogP contribution < -0.4 is 14.8 Å². The molecule has 0 fully saturated rings. The zero-order chi connectivity index (χ0) is 17.6. The van der Waals surface area contributed by atoms with Crippen LogP contribution in [0.4, 0.5) is 0 Å². The fraction of sp³-hybridized carbons (Fsp3) is 0.333. The first-order valence-corrected chi connectivity index (χ1v) is 8.70. The second-order valence-electron chi connectivity index (χ2n) is 6.74. The van der Waals surface area contributed by atoms with Crippen LogP contribution in [0.3, 0.4) is 0 Å². The van der Waals surface area contributed by atoms with E-state index >= 15 is 0 Å². The summed E-state index contributed by atoms with van der Waals surface area (Å²) in [6.45, 7) is 5.29. The predicted octanol–water partition coefficient (Wildman–Crippen LogP) is 4.04. The lowest BCUT2D eigenvalue weighted by Crippen LogP contribution is -2.30. The lowest BCUT2D eigenvalue weighted by molar-refractivity contribution is 0.348. The molecule has 0 bridgehead atoms. The standard InChI is InChI=1S/C21H24N2O2/c1-12-10-13(2)18-14-8-9-22-19(20(14)23-16(18)11-12)15-6-5-7-17(24-3)21(15)25-4/h5-7,10-11,19,22-23H,8-9H2,1-4H3. The van der Waals surface area contributed by atoms with Gasteiger partial charge in [0.05, 0.1) is 20.3 Å². The van der Waals surface area contributed by atoms with Crippen LogP contribution in [0.25, 0.3) is 10.9 Å². The molecular formula is C21H24N2O2. The van der Waals surface area contributed by atoms with Gasteiger partial charge in [-0.15, -0.1) is 0 Å². The van der Waals surface area contributed by atoms with E-state index in [2.05, 4.69) is 42.3 Å². The molecule has 0 aliphatic carbocycles. The summed E-state index contributed by atoms with van der Waals surface area (Å²) in [5.74, 6) is 1.55. The highest BCUT2D eigenvalue weighted by Crippen LogP contribution is 2.41. The molecule has 130 valence electrons. The molecule has 0 radical (unpaired) electrons. The minimum absolute atomic E-state index is 0.0703. The van der Waals surface area contributed by atoms with Crippen molar-refractivity contribution in [2.24, 2.45) is 0 Å². The molecule has 1 aromatic heterocycles. The van der Waals surface area contributed by atoms with Gasteiger partial charge in [0.1, 0.15) is 0 Å². The van der Waals surface area contributed by atoms with Crippen LogP contribution in [0.2, 0.25) is 0 Å². The van der Waals surface area contributed by atoms with Crippen molar-refractivity contribution < 1.29 is 9.47 Å². The van der Waals surface area contributed by atoms with E-state index in [0.717, 1.165) is 30.0 Å². The van der Waals surface area contributed by atoms with E-state index in [-0.39, 0.29) is 6.04 Å². The number of fused-ring (bicyclic) bond motifs is 3. The second-order valence-corrected chi connectivity index (χ2v) is 6.74. The molecule has 4 nitrogen and oxygen atoms in total. The molecule has 0 amide bonds. The minimum Gasteiger partial charge on any atom is -0.493 e. The number of methoxy groups -OCH3 is 2. The highest BCUT2D eigenvalue weighted by Gasteiger charge is 2.29. The number of hydrogen-bond acceptors (Lipinski definition) is 3. The number of ether oxygens (including phenoxy) is 2. The van der Waals surface area contributed by atoms with Crippen molar-refractivity contribution in [3.8, 4) is 11.5 Å². The highest BCUT2D eigenvalue weighted by molar-refractivity contribution is 5.89. The predicted molar refractivity (Wildman–Crippen MR) is 101 cm³/mol. The molecule has 4 heteroatoms. The van der Waals surface area contributed by atoms with Gasteiger partial charge in [-0.05, 0) is 49.1 Å². The van der Waals surface area contributed by atoms with Crippen LogP contribution >= 0.6 is 0 Å². The average molecular weight is 336 g/mol. The van der Waals surface area contributed by atoms with E-state index in [9.17, 15) is 0 Å². The molecule has 1 atom stereocenters. The largest absolute Gasteiger partial charge is 0.493 e. The monoisotopic (exact) mass is 336 g/mol. The van der Waals surface area contributed by atoms with Gasteiger partial charge in [0, 0.05) is 28.7 Å². The lowest BCUT2D eigenvalue weighted by atomic mass is 9.92. The fourth-order valence-corrected chi connectivity index (χ4v) is 4.18. The van der Waals surface area contributed by atoms with Crippen molar-refractivity contribution >= 4 is 10.9 Å². The third-order valence-corrected chi connectivity index (χ3v) is 5.13. The number of aryl methyl sites for hydroxylation is 2. The van der Waals surface area contributed by atoms with E-state index in [0.29, 0.717) is 0 Å². The lowest BCUT2D eigenvalue weighted by Gasteiger charge is -2.27. The molecule has 1 aliphatic rings. The molecular weight excluding hydrogens is 312 g/mol. The van der Waals surface area contributed by atoms with E-state index in [1.165, 1.54) is 33.3 Å². The Morgan fingerprint density at radius 1 is 1.08 bits per heavy atom. The van der Waals surface area contributed by atoms with Crippen LogP contribution in [0.5, 0.6) is 11.5 Å². The Morgan fingerprint density at radius 2 is 1.92 bits per heavy atom. The van der Waals surface area contributed by atoms with E-state index in [1.807, 2.05) is 12.1 Å². The zero-order valence-corrected chi connectivity index (χ0v) is 15.2. The van der Waals surface area contributed by atoms with Gasteiger partial charge in [0.15, 0.2) is 11.5 Å². The summed E-state index contributed by atoms with van der Waals surface area (Å²) in [5, 5.41) is 5.02. The molecule has 25 heavy (non-hydrogen) atoms. The van der Waals surface area contributed by atoms with Crippen LogP contribution in [0.15, 0.2) is 30.3 Å². The Labute approximate surface area is 148 Å². The van der Waals surface area contributed by atoms with Crippen molar-refractivity contribution in [2.45, 2.75) is 26.3 Å². The number of rotatable bonds is 3. The normalized spacial score (nSPS) is 16.7. The molecule has 4 rings (SSSR count). The van der Waals surface area contributed by atoms with Crippen LogP contribution in [0.1, 0.15) is 34.0 Å². The van der Waals surface area contributed by atoms with Gasteiger partial charge in [-0.1, -0.05) is 18.2 Å². The maximum Gasteiger partial charge on any atom is 0.165 e. The number of nitrogens with one attached hydrogen (secondary N) is 2. The molecule has 3 aromatic rings. The van der Waals surface area contributed by atoms with Crippen molar-refractivity contribution in [1.29, 1.82) is 0 Å². The summed E-state index contributed by atoms with van der Waals surface area (Å²) >= 11 is 0. The van der Waals surface area contributed by atoms with Gasteiger partial charge in [0.2, 0.25) is 0 Å². The smallest absolute Gasteiger partial charge is 0.165 e. The van der Waals surface area contributed by atoms with E-state index < -0.39 is 0 Å². The van der Waals surface area contributed by atoms with Crippen molar-refractivity contribution in [3.63, 3.8) is 0 Å². The molecule has 2 aromatic carbocycles. The first kappa shape index (κ1) is 16.0. The fourth-order valence-electron chi connectivity index (χ4n) is 4.18. The summed E-state index contributed by atoms with van der Waals surface area (Å²) in [5.41, 5.74) is 7.60.